The summed E-state index contributed by atoms with van der Waals surface area (Å²) in [7, 11) is 0. The third kappa shape index (κ3) is 4.42. The molecule has 2 aromatic heterocycles. The molecule has 0 unspecified atom stereocenters. The number of fused-ring (bicyclic) bond motifs is 8. The van der Waals surface area contributed by atoms with Crippen LogP contribution in [0.1, 0.15) is 70.4 Å². The minimum absolute atomic E-state index is 0. The molecule has 50 heavy (non-hydrogen) atoms. The summed E-state index contributed by atoms with van der Waals surface area (Å²) in [5.41, 5.74) is 12.4. The van der Waals surface area contributed by atoms with Crippen molar-refractivity contribution in [3.63, 3.8) is 0 Å². The molecule has 5 heterocycles. The summed E-state index contributed by atoms with van der Waals surface area (Å²) in [4.78, 5) is 12.7. The molecule has 5 nitrogen and oxygen atoms in total. The van der Waals surface area contributed by atoms with Gasteiger partial charge < -0.3 is 19.2 Å². The minimum Gasteiger partial charge on any atom is -0.503 e. The molecule has 0 saturated carbocycles. The smallest absolute Gasteiger partial charge is 0.503 e. The van der Waals surface area contributed by atoms with Crippen LogP contribution >= 0.6 is 0 Å². The number of ether oxygens (including phenoxy) is 1. The fraction of sp³-hybridized carbons (Fsp3) is 0.182. The normalized spacial score (nSPS) is 18.0. The van der Waals surface area contributed by atoms with E-state index in [1.807, 2.05) is 12.3 Å². The zero-order valence-electron chi connectivity index (χ0n) is 28.3. The molecule has 246 valence electrons. The fourth-order valence-electron chi connectivity index (χ4n) is 8.48. The predicted molar refractivity (Wildman–Crippen MR) is 195 cm³/mol. The number of rotatable bonds is 4. The summed E-state index contributed by atoms with van der Waals surface area (Å²) in [6, 6.07) is 44.3. The van der Waals surface area contributed by atoms with Gasteiger partial charge in [-0.25, -0.2) is 4.98 Å². The van der Waals surface area contributed by atoms with Crippen molar-refractivity contribution >= 4 is 27.8 Å². The van der Waals surface area contributed by atoms with Crippen LogP contribution in [0.5, 0.6) is 11.5 Å². The molecule has 0 N–H and O–H groups in total. The number of aliphatic imine (C=N–C) groups is 1. The van der Waals surface area contributed by atoms with Gasteiger partial charge in [0, 0.05) is 40.8 Å². The Bertz CT molecular complexity index is 2530. The van der Waals surface area contributed by atoms with Crippen LogP contribution in [0.15, 0.2) is 114 Å². The summed E-state index contributed by atoms with van der Waals surface area (Å²) in [5, 5.41) is 2.35. The van der Waals surface area contributed by atoms with E-state index < -0.39 is 0 Å². The maximum Gasteiger partial charge on any atom is 2.00 e. The quantitative estimate of drug-likeness (QED) is 0.166. The van der Waals surface area contributed by atoms with E-state index in [-0.39, 0.29) is 38.6 Å². The monoisotopic (exact) mass is 829 g/mol. The van der Waals surface area contributed by atoms with Crippen LogP contribution in [0.4, 0.5) is 0 Å². The first-order valence-electron chi connectivity index (χ1n) is 17.0. The molecule has 7 aromatic rings. The summed E-state index contributed by atoms with van der Waals surface area (Å²) >= 11 is 0. The van der Waals surface area contributed by atoms with Gasteiger partial charge in [-0.05, 0) is 39.8 Å². The van der Waals surface area contributed by atoms with Crippen LogP contribution in [0.25, 0.3) is 27.6 Å². The van der Waals surface area contributed by atoms with Crippen LogP contribution < -0.4 is 4.74 Å². The standard InChI is InChI=1S/C44H34N4O.Pt/c1-26-20-30(42-46-39(28-12-6-5-7-13-28)41-32-15-9-8-14-29(32)25-47(41)42)23-31(21-26)49-38-24-37-36(22-27(38)2)44(3,4)35-18-10-16-33-34-17-11-19-45-43(34)48(37)40(33)35;/h5-22,39,41H,25H2,1-4H3;/q-2;+2/t39-,41+;/m1./s1. The van der Waals surface area contributed by atoms with Crippen LogP contribution in [0.2, 0.25) is 0 Å². The molecular weight excluding hydrogens is 796 g/mol. The minimum atomic E-state index is -0.221. The van der Waals surface area contributed by atoms with Crippen LogP contribution in [0.3, 0.4) is 0 Å². The second kappa shape index (κ2) is 11.3. The Morgan fingerprint density at radius 2 is 1.62 bits per heavy atom. The van der Waals surface area contributed by atoms with Crippen molar-refractivity contribution in [3.8, 4) is 17.2 Å². The van der Waals surface area contributed by atoms with Gasteiger partial charge in [0.15, 0.2) is 0 Å². The number of hydrogen-bond donors (Lipinski definition) is 0. The summed E-state index contributed by atoms with van der Waals surface area (Å²) in [5.74, 6) is 2.31. The first-order chi connectivity index (χ1) is 23.9. The average Bonchev–Trinajstić information content (AvgIpc) is 3.78. The van der Waals surface area contributed by atoms with Crippen molar-refractivity contribution in [3.05, 3.63) is 166 Å². The average molecular weight is 830 g/mol. The fourth-order valence-corrected chi connectivity index (χ4v) is 8.48. The van der Waals surface area contributed by atoms with Gasteiger partial charge in [-0.3, -0.25) is 0 Å². The van der Waals surface area contributed by atoms with Crippen molar-refractivity contribution in [1.29, 1.82) is 0 Å². The Morgan fingerprint density at radius 3 is 2.48 bits per heavy atom. The molecule has 3 aliphatic heterocycles. The van der Waals surface area contributed by atoms with Crippen molar-refractivity contribution in [1.82, 2.24) is 14.5 Å². The number of benzene rings is 5. The van der Waals surface area contributed by atoms with Crippen molar-refractivity contribution < 1.29 is 25.8 Å². The van der Waals surface area contributed by atoms with E-state index >= 15 is 0 Å². The second-order valence-corrected chi connectivity index (χ2v) is 14.2. The van der Waals surface area contributed by atoms with E-state index in [1.165, 1.54) is 38.7 Å². The van der Waals surface area contributed by atoms with Gasteiger partial charge in [0.25, 0.3) is 0 Å². The van der Waals surface area contributed by atoms with Gasteiger partial charge in [0.2, 0.25) is 0 Å². The molecule has 0 spiro atoms. The zero-order valence-corrected chi connectivity index (χ0v) is 30.5. The summed E-state index contributed by atoms with van der Waals surface area (Å²) in [6.07, 6.45) is 1.87. The van der Waals surface area contributed by atoms with Gasteiger partial charge in [-0.2, -0.15) is 6.07 Å². The summed E-state index contributed by atoms with van der Waals surface area (Å²) < 4.78 is 9.04. The van der Waals surface area contributed by atoms with Gasteiger partial charge in [0.05, 0.1) is 17.6 Å². The number of nitrogens with zero attached hydrogens (tertiary/aromatic N) is 4. The first-order valence-corrected chi connectivity index (χ1v) is 17.0. The Labute approximate surface area is 306 Å². The molecule has 3 aliphatic rings. The second-order valence-electron chi connectivity index (χ2n) is 14.2. The van der Waals surface area contributed by atoms with Crippen LogP contribution in [-0.4, -0.2) is 20.3 Å². The molecule has 0 aliphatic carbocycles. The number of aryl methyl sites for hydroxylation is 2. The van der Waals surface area contributed by atoms with E-state index in [1.54, 1.807) is 0 Å². The van der Waals surface area contributed by atoms with E-state index in [0.717, 1.165) is 45.8 Å². The topological polar surface area (TPSA) is 42.6 Å². The molecular formula is C44H34N4OPt. The number of aromatic nitrogens is 2. The Kier molecular flexibility index (Phi) is 6.99. The van der Waals surface area contributed by atoms with Gasteiger partial charge in [-0.15, -0.1) is 34.4 Å². The maximum absolute atomic E-state index is 6.76. The Hall–Kier alpha value is -4.99. The predicted octanol–water partition coefficient (Wildman–Crippen LogP) is 9.88. The van der Waals surface area contributed by atoms with E-state index in [9.17, 15) is 0 Å². The van der Waals surface area contributed by atoms with Crippen molar-refractivity contribution in [2.75, 3.05) is 0 Å². The third-order valence-electron chi connectivity index (χ3n) is 10.8. The van der Waals surface area contributed by atoms with Gasteiger partial charge in [0.1, 0.15) is 5.65 Å². The molecule has 0 saturated heterocycles. The molecule has 6 heteroatoms. The zero-order chi connectivity index (χ0) is 33.0. The van der Waals surface area contributed by atoms with Crippen molar-refractivity contribution in [2.45, 2.75) is 51.7 Å². The molecule has 0 bridgehead atoms. The molecule has 10 rings (SSSR count). The van der Waals surface area contributed by atoms with Gasteiger partial charge in [-0.1, -0.05) is 118 Å². The van der Waals surface area contributed by atoms with Gasteiger partial charge >= 0.3 is 21.1 Å². The van der Waals surface area contributed by atoms with Crippen molar-refractivity contribution in [2.24, 2.45) is 4.99 Å². The van der Waals surface area contributed by atoms with E-state index in [2.05, 4.69) is 146 Å². The van der Waals surface area contributed by atoms with E-state index in [0.29, 0.717) is 11.5 Å². The SMILES string of the molecule is Cc1cc(Oc2[c-]c3c(cc2C)C(C)(C)c2cccc4c5cccnc5n-3c24)[c-]c(C2=N[C@H](c3ccccc3)[C@@H]3c4ccccc4CN23)c1.[Pt+2]. The van der Waals surface area contributed by atoms with E-state index in [4.69, 9.17) is 14.7 Å². The number of hydrogen-bond acceptors (Lipinski definition) is 4. The van der Waals surface area contributed by atoms with Crippen LogP contribution in [-0.2, 0) is 33.0 Å². The number of para-hydroxylation sites is 1. The number of amidine groups is 1. The molecule has 2 atom stereocenters. The first kappa shape index (κ1) is 31.0. The maximum atomic E-state index is 6.76. The third-order valence-corrected chi connectivity index (χ3v) is 10.8. The molecule has 0 fully saturated rings. The molecule has 0 radical (unpaired) electrons. The molecule has 5 aromatic carbocycles. The van der Waals surface area contributed by atoms with Crippen LogP contribution in [0, 0.1) is 26.0 Å². The Balaban J connectivity index is 0.00000336. The largest absolute Gasteiger partial charge is 2.00 e. The Morgan fingerprint density at radius 1 is 0.820 bits per heavy atom. The summed E-state index contributed by atoms with van der Waals surface area (Å²) in [6.45, 7) is 9.65. The molecule has 0 amide bonds. The number of pyridine rings is 1.